The number of benzene rings is 1. The van der Waals surface area contributed by atoms with Crippen molar-refractivity contribution in [2.24, 2.45) is 0 Å². The van der Waals surface area contributed by atoms with Gasteiger partial charge >= 0.3 is 11.7 Å². The quantitative estimate of drug-likeness (QED) is 0.918. The van der Waals surface area contributed by atoms with E-state index in [1.807, 2.05) is 0 Å². The second-order valence-corrected chi connectivity index (χ2v) is 5.37. The molecule has 0 spiro atoms. The summed E-state index contributed by atoms with van der Waals surface area (Å²) in [6, 6.07) is 4.33. The number of aliphatic carboxylic acids is 1. The average molecular weight is 355 g/mol. The van der Waals surface area contributed by atoms with Gasteiger partial charge in [-0.1, -0.05) is 6.07 Å². The summed E-state index contributed by atoms with van der Waals surface area (Å²) in [5, 5.41) is 8.96. The third-order valence-electron chi connectivity index (χ3n) is 3.15. The van der Waals surface area contributed by atoms with Crippen LogP contribution < -0.4 is 5.69 Å². The molecule has 7 heteroatoms. The summed E-state index contributed by atoms with van der Waals surface area (Å²) in [5.41, 5.74) is 0.477. The molecule has 0 unspecified atom stereocenters. The zero-order chi connectivity index (χ0) is 15.7. The monoisotopic (exact) mass is 354 g/mol. The van der Waals surface area contributed by atoms with Gasteiger partial charge in [0.15, 0.2) is 0 Å². The molecule has 1 heterocycles. The third-order valence-corrected chi connectivity index (χ3v) is 3.79. The highest BCUT2D eigenvalue weighted by Crippen LogP contribution is 2.25. The van der Waals surface area contributed by atoms with Gasteiger partial charge in [-0.05, 0) is 41.9 Å². The molecule has 1 aromatic heterocycles. The van der Waals surface area contributed by atoms with E-state index in [0.717, 1.165) is 4.57 Å². The molecule has 1 aromatic carbocycles. The number of hydrogen-bond donors (Lipinski definition) is 1. The summed E-state index contributed by atoms with van der Waals surface area (Å²) in [6.07, 6.45) is -0.281. The Morgan fingerprint density at radius 1 is 1.43 bits per heavy atom. The Labute approximate surface area is 128 Å². The zero-order valence-electron chi connectivity index (χ0n) is 11.4. The summed E-state index contributed by atoms with van der Waals surface area (Å²) in [5.74, 6) is -1.64. The first-order valence-electron chi connectivity index (χ1n) is 6.08. The summed E-state index contributed by atoms with van der Waals surface area (Å²) in [6.45, 7) is 3.14. The first-order chi connectivity index (χ1) is 9.82. The molecule has 2 rings (SSSR count). The highest BCUT2D eigenvalue weighted by molar-refractivity contribution is 9.10. The number of aromatic nitrogens is 2. The second kappa shape index (κ2) is 5.77. The van der Waals surface area contributed by atoms with Gasteiger partial charge in [0.25, 0.3) is 0 Å². The highest BCUT2D eigenvalue weighted by Gasteiger charge is 2.18. The van der Waals surface area contributed by atoms with Crippen LogP contribution >= 0.6 is 15.9 Å². The number of halogens is 2. The number of carboxylic acids is 1. The Balaban J connectivity index is 2.81. The fraction of sp³-hybridized carbons (Fsp3) is 0.214. The van der Waals surface area contributed by atoms with Crippen LogP contribution in [-0.2, 0) is 11.2 Å². The predicted octanol–water partition coefficient (Wildman–Crippen LogP) is 2.38. The van der Waals surface area contributed by atoms with Gasteiger partial charge in [0.2, 0.25) is 0 Å². The first kappa shape index (κ1) is 15.4. The minimum atomic E-state index is -1.04. The van der Waals surface area contributed by atoms with Crippen LogP contribution in [-0.4, -0.2) is 20.6 Å². The standard InChI is InChI=1S/C14H12BrFN2O3/c1-7-9(6-12(19)20)8(2)18(14(21)17-7)13-10(15)4-3-5-11(13)16/h3-5H,6H2,1-2H3,(H,19,20). The molecule has 0 atom stereocenters. The molecule has 0 amide bonds. The van der Waals surface area contributed by atoms with Crippen LogP contribution in [0.3, 0.4) is 0 Å². The van der Waals surface area contributed by atoms with Crippen molar-refractivity contribution in [2.75, 3.05) is 0 Å². The molecule has 0 radical (unpaired) electrons. The normalized spacial score (nSPS) is 10.7. The SMILES string of the molecule is Cc1nc(=O)n(-c2c(F)cccc2Br)c(C)c1CC(=O)O. The maximum Gasteiger partial charge on any atom is 0.352 e. The van der Waals surface area contributed by atoms with E-state index in [4.69, 9.17) is 5.11 Å². The van der Waals surface area contributed by atoms with E-state index in [9.17, 15) is 14.0 Å². The van der Waals surface area contributed by atoms with E-state index in [-0.39, 0.29) is 12.1 Å². The average Bonchev–Trinajstić information content (AvgIpc) is 2.37. The van der Waals surface area contributed by atoms with Crippen molar-refractivity contribution in [1.82, 2.24) is 9.55 Å². The maximum atomic E-state index is 14.1. The summed E-state index contributed by atoms with van der Waals surface area (Å²) >= 11 is 3.20. The number of hydrogen-bond acceptors (Lipinski definition) is 3. The van der Waals surface area contributed by atoms with Crippen LogP contribution in [0.15, 0.2) is 27.5 Å². The summed E-state index contributed by atoms with van der Waals surface area (Å²) < 4.78 is 15.5. The molecule has 0 saturated carbocycles. The van der Waals surface area contributed by atoms with E-state index in [1.165, 1.54) is 12.1 Å². The molecule has 5 nitrogen and oxygen atoms in total. The number of rotatable bonds is 3. The van der Waals surface area contributed by atoms with Crippen LogP contribution in [0.25, 0.3) is 5.69 Å². The molecule has 0 aliphatic rings. The van der Waals surface area contributed by atoms with Crippen molar-refractivity contribution >= 4 is 21.9 Å². The maximum absolute atomic E-state index is 14.1. The van der Waals surface area contributed by atoms with Gasteiger partial charge in [-0.25, -0.2) is 9.18 Å². The lowest BCUT2D eigenvalue weighted by Crippen LogP contribution is -2.28. The molecule has 1 N–H and O–H groups in total. The molecular formula is C14H12BrFN2O3. The van der Waals surface area contributed by atoms with Crippen molar-refractivity contribution in [1.29, 1.82) is 0 Å². The van der Waals surface area contributed by atoms with Crippen LogP contribution in [0.2, 0.25) is 0 Å². The van der Waals surface area contributed by atoms with Crippen LogP contribution in [0.1, 0.15) is 17.0 Å². The topological polar surface area (TPSA) is 72.2 Å². The molecule has 0 aliphatic heterocycles. The third kappa shape index (κ3) is 2.87. The molecule has 2 aromatic rings. The summed E-state index contributed by atoms with van der Waals surface area (Å²) in [4.78, 5) is 26.9. The Kier molecular flexibility index (Phi) is 4.22. The molecule has 21 heavy (non-hydrogen) atoms. The number of carbonyl (C=O) groups is 1. The molecule has 0 saturated heterocycles. The van der Waals surface area contributed by atoms with Crippen LogP contribution in [0.5, 0.6) is 0 Å². The van der Waals surface area contributed by atoms with E-state index in [2.05, 4.69) is 20.9 Å². The van der Waals surface area contributed by atoms with Crippen molar-refractivity contribution in [3.8, 4) is 5.69 Å². The van der Waals surface area contributed by atoms with Crippen molar-refractivity contribution in [2.45, 2.75) is 20.3 Å². The lowest BCUT2D eigenvalue weighted by molar-refractivity contribution is -0.136. The Bertz CT molecular complexity index is 766. The Morgan fingerprint density at radius 3 is 2.67 bits per heavy atom. The van der Waals surface area contributed by atoms with Gasteiger partial charge in [0, 0.05) is 21.4 Å². The minimum absolute atomic E-state index is 0.0270. The molecule has 110 valence electrons. The molecule has 0 fully saturated rings. The van der Waals surface area contributed by atoms with Crippen molar-refractivity contribution < 1.29 is 14.3 Å². The number of para-hydroxylation sites is 1. The van der Waals surface area contributed by atoms with Crippen molar-refractivity contribution in [3.63, 3.8) is 0 Å². The lowest BCUT2D eigenvalue weighted by Gasteiger charge is -2.16. The zero-order valence-corrected chi connectivity index (χ0v) is 12.9. The number of aryl methyl sites for hydroxylation is 1. The van der Waals surface area contributed by atoms with Crippen LogP contribution in [0, 0.1) is 19.7 Å². The van der Waals surface area contributed by atoms with Gasteiger partial charge < -0.3 is 5.11 Å². The highest BCUT2D eigenvalue weighted by atomic mass is 79.9. The minimum Gasteiger partial charge on any atom is -0.481 e. The van der Waals surface area contributed by atoms with Crippen LogP contribution in [0.4, 0.5) is 4.39 Å². The lowest BCUT2D eigenvalue weighted by atomic mass is 10.1. The molecule has 0 aliphatic carbocycles. The summed E-state index contributed by atoms with van der Waals surface area (Å²) in [7, 11) is 0. The fourth-order valence-corrected chi connectivity index (χ4v) is 2.69. The van der Waals surface area contributed by atoms with Gasteiger partial charge in [0.05, 0.1) is 6.42 Å². The van der Waals surface area contributed by atoms with Gasteiger partial charge in [0.1, 0.15) is 11.5 Å². The van der Waals surface area contributed by atoms with E-state index < -0.39 is 17.5 Å². The second-order valence-electron chi connectivity index (χ2n) is 4.52. The van der Waals surface area contributed by atoms with Gasteiger partial charge in [-0.2, -0.15) is 4.98 Å². The number of carboxylic acid groups (broad SMARTS) is 1. The number of nitrogens with zero attached hydrogens (tertiary/aromatic N) is 2. The smallest absolute Gasteiger partial charge is 0.352 e. The Morgan fingerprint density at radius 2 is 2.10 bits per heavy atom. The van der Waals surface area contributed by atoms with E-state index in [0.29, 0.717) is 21.4 Å². The van der Waals surface area contributed by atoms with Crippen molar-refractivity contribution in [3.05, 3.63) is 55.9 Å². The first-order valence-corrected chi connectivity index (χ1v) is 6.87. The fourth-order valence-electron chi connectivity index (χ4n) is 2.17. The van der Waals surface area contributed by atoms with Gasteiger partial charge in [-0.3, -0.25) is 9.36 Å². The van der Waals surface area contributed by atoms with E-state index in [1.54, 1.807) is 19.9 Å². The van der Waals surface area contributed by atoms with Gasteiger partial charge in [-0.15, -0.1) is 0 Å². The molecular weight excluding hydrogens is 343 g/mol. The predicted molar refractivity (Wildman–Crippen MR) is 78.3 cm³/mol. The largest absolute Gasteiger partial charge is 0.481 e. The Hall–Kier alpha value is -2.02. The molecule has 0 bridgehead atoms. The van der Waals surface area contributed by atoms with E-state index >= 15 is 0 Å².